The predicted molar refractivity (Wildman–Crippen MR) is 105 cm³/mol. The van der Waals surface area contributed by atoms with Gasteiger partial charge in [0.1, 0.15) is 6.54 Å². The molecule has 1 aliphatic rings. The molecule has 3 rings (SSSR count). The van der Waals surface area contributed by atoms with Crippen molar-refractivity contribution < 1.29 is 23.9 Å². The van der Waals surface area contributed by atoms with Gasteiger partial charge < -0.3 is 15.0 Å². The second kappa shape index (κ2) is 8.79. The minimum Gasteiger partial charge on any atom is -0.456 e. The number of anilines is 1. The van der Waals surface area contributed by atoms with Crippen molar-refractivity contribution in [2.24, 2.45) is 0 Å². The molecule has 2 amide bonds. The first-order chi connectivity index (χ1) is 13.4. The lowest BCUT2D eigenvalue weighted by atomic mass is 10.2. The van der Waals surface area contributed by atoms with Gasteiger partial charge in [-0.05, 0) is 49.7 Å². The van der Waals surface area contributed by atoms with Crippen LogP contribution in [0.1, 0.15) is 37.7 Å². The lowest BCUT2D eigenvalue weighted by Gasteiger charge is -2.15. The highest BCUT2D eigenvalue weighted by molar-refractivity contribution is 7.14. The number of amides is 2. The highest BCUT2D eigenvalue weighted by Gasteiger charge is 2.21. The molecule has 0 atom stereocenters. The zero-order chi connectivity index (χ0) is 20.1. The summed E-state index contributed by atoms with van der Waals surface area (Å²) in [6.07, 6.45) is 1.37. The van der Waals surface area contributed by atoms with E-state index in [-0.39, 0.29) is 24.8 Å². The summed E-state index contributed by atoms with van der Waals surface area (Å²) in [6.45, 7) is 1.88. The number of carbonyl (C=O) groups excluding carboxylic acids is 4. The van der Waals surface area contributed by atoms with E-state index in [1.165, 1.54) is 11.3 Å². The van der Waals surface area contributed by atoms with E-state index in [2.05, 4.69) is 5.32 Å². The highest BCUT2D eigenvalue weighted by atomic mass is 32.1. The average molecular weight is 400 g/mol. The Labute approximate surface area is 166 Å². The van der Waals surface area contributed by atoms with Gasteiger partial charge in [-0.25, -0.2) is 0 Å². The summed E-state index contributed by atoms with van der Waals surface area (Å²) in [6, 6.07) is 10.1. The molecule has 0 unspecified atom stereocenters. The molecule has 1 aromatic carbocycles. The summed E-state index contributed by atoms with van der Waals surface area (Å²) in [5.74, 6) is -1.32. The Morgan fingerprint density at radius 1 is 1.14 bits per heavy atom. The van der Waals surface area contributed by atoms with Crippen molar-refractivity contribution in [3.05, 3.63) is 51.7 Å². The first-order valence-electron chi connectivity index (χ1n) is 8.88. The van der Waals surface area contributed by atoms with Crippen molar-refractivity contribution >= 4 is 40.6 Å². The molecule has 1 aliphatic heterocycles. The molecule has 0 bridgehead atoms. The quantitative estimate of drug-likeness (QED) is 0.569. The minimum absolute atomic E-state index is 0.0761. The second-order valence-electron chi connectivity index (χ2n) is 6.37. The monoisotopic (exact) mass is 400 g/mol. The van der Waals surface area contributed by atoms with Crippen LogP contribution in [0.5, 0.6) is 0 Å². The third-order valence-corrected chi connectivity index (χ3v) is 5.33. The van der Waals surface area contributed by atoms with Crippen LogP contribution in [0.15, 0.2) is 36.4 Å². The molecule has 2 heterocycles. The summed E-state index contributed by atoms with van der Waals surface area (Å²) < 4.78 is 4.91. The van der Waals surface area contributed by atoms with Gasteiger partial charge in [0.15, 0.2) is 6.61 Å². The van der Waals surface area contributed by atoms with Crippen LogP contribution >= 0.6 is 11.3 Å². The van der Waals surface area contributed by atoms with Gasteiger partial charge in [0.05, 0.1) is 4.88 Å². The number of ketones is 1. The Hall–Kier alpha value is -3.00. The van der Waals surface area contributed by atoms with Crippen molar-refractivity contribution in [1.82, 2.24) is 5.32 Å². The number of thiophene rings is 1. The van der Waals surface area contributed by atoms with Crippen LogP contribution in [0.3, 0.4) is 0 Å². The van der Waals surface area contributed by atoms with Crippen LogP contribution in [0.4, 0.5) is 5.69 Å². The van der Waals surface area contributed by atoms with Crippen LogP contribution in [-0.2, 0) is 14.3 Å². The zero-order valence-electron chi connectivity index (χ0n) is 15.4. The molecule has 0 aliphatic carbocycles. The summed E-state index contributed by atoms with van der Waals surface area (Å²) in [5, 5.41) is 2.46. The molecule has 0 spiro atoms. The van der Waals surface area contributed by atoms with E-state index in [0.29, 0.717) is 23.4 Å². The van der Waals surface area contributed by atoms with Crippen LogP contribution in [0.25, 0.3) is 0 Å². The maximum absolute atomic E-state index is 12.1. The molecule has 146 valence electrons. The lowest BCUT2D eigenvalue weighted by molar-refractivity contribution is -0.141. The number of ether oxygens (including phenoxy) is 1. The molecule has 1 fully saturated rings. The summed E-state index contributed by atoms with van der Waals surface area (Å²) in [7, 11) is 0. The number of rotatable bonds is 7. The van der Waals surface area contributed by atoms with Crippen molar-refractivity contribution in [2.75, 3.05) is 24.6 Å². The van der Waals surface area contributed by atoms with Gasteiger partial charge in [-0.15, -0.1) is 11.3 Å². The SMILES string of the molecule is Cc1ccc(C(=O)COC(=O)CNC(=O)c2ccc(N3CCCC3=O)cc2)s1. The molecule has 1 saturated heterocycles. The average Bonchev–Trinajstić information content (AvgIpc) is 3.32. The molecule has 0 saturated carbocycles. The highest BCUT2D eigenvalue weighted by Crippen LogP contribution is 2.21. The Kier molecular flexibility index (Phi) is 6.20. The molecule has 2 aromatic rings. The minimum atomic E-state index is -0.686. The van der Waals surface area contributed by atoms with Gasteiger partial charge in [0, 0.05) is 29.1 Å². The molecule has 28 heavy (non-hydrogen) atoms. The van der Waals surface area contributed by atoms with Crippen molar-refractivity contribution in [3.63, 3.8) is 0 Å². The largest absolute Gasteiger partial charge is 0.456 e. The van der Waals surface area contributed by atoms with Crippen molar-refractivity contribution in [1.29, 1.82) is 0 Å². The van der Waals surface area contributed by atoms with E-state index in [1.54, 1.807) is 35.2 Å². The van der Waals surface area contributed by atoms with Gasteiger partial charge in [-0.3, -0.25) is 19.2 Å². The molecular formula is C20H20N2O5S. The van der Waals surface area contributed by atoms with E-state index >= 15 is 0 Å². The van der Waals surface area contributed by atoms with Gasteiger partial charge in [-0.1, -0.05) is 0 Å². The number of esters is 1. The van der Waals surface area contributed by atoms with Crippen molar-refractivity contribution in [3.8, 4) is 0 Å². The summed E-state index contributed by atoms with van der Waals surface area (Å²) in [4.78, 5) is 50.8. The maximum atomic E-state index is 12.1. The van der Waals surface area contributed by atoms with Crippen LogP contribution in [-0.4, -0.2) is 43.3 Å². The molecule has 1 aromatic heterocycles. The molecule has 7 nitrogen and oxygen atoms in total. The number of aryl methyl sites for hydroxylation is 1. The van der Waals surface area contributed by atoms with Gasteiger partial charge in [-0.2, -0.15) is 0 Å². The van der Waals surface area contributed by atoms with Crippen molar-refractivity contribution in [2.45, 2.75) is 19.8 Å². The fourth-order valence-corrected chi connectivity index (χ4v) is 3.61. The number of nitrogens with one attached hydrogen (secondary N) is 1. The number of carbonyl (C=O) groups is 4. The van der Waals surface area contributed by atoms with Gasteiger partial charge >= 0.3 is 5.97 Å². The Balaban J connectivity index is 1.45. The fraction of sp³-hybridized carbons (Fsp3) is 0.300. The molecule has 1 N–H and O–H groups in total. The summed E-state index contributed by atoms with van der Waals surface area (Å²) >= 11 is 1.34. The lowest BCUT2D eigenvalue weighted by Crippen LogP contribution is -2.31. The van der Waals surface area contributed by atoms with E-state index in [4.69, 9.17) is 4.74 Å². The van der Waals surface area contributed by atoms with E-state index in [0.717, 1.165) is 17.0 Å². The molecule has 8 heteroatoms. The smallest absolute Gasteiger partial charge is 0.325 e. The normalized spacial score (nSPS) is 13.5. The summed E-state index contributed by atoms with van der Waals surface area (Å²) in [5.41, 5.74) is 1.12. The van der Waals surface area contributed by atoms with Crippen LogP contribution < -0.4 is 10.2 Å². The Morgan fingerprint density at radius 3 is 2.50 bits per heavy atom. The van der Waals surface area contributed by atoms with E-state index in [1.807, 2.05) is 13.0 Å². The number of nitrogens with zero attached hydrogens (tertiary/aromatic N) is 1. The van der Waals surface area contributed by atoms with Crippen LogP contribution in [0.2, 0.25) is 0 Å². The van der Waals surface area contributed by atoms with Gasteiger partial charge in [0.2, 0.25) is 11.7 Å². The predicted octanol–water partition coefficient (Wildman–Crippen LogP) is 2.34. The third kappa shape index (κ3) is 4.83. The molecular weight excluding hydrogens is 380 g/mol. The number of hydrogen-bond donors (Lipinski definition) is 1. The first kappa shape index (κ1) is 19.8. The second-order valence-corrected chi connectivity index (χ2v) is 7.66. The number of Topliss-reactive ketones (excluding diaryl/α,β-unsaturated/α-hetero) is 1. The van der Waals surface area contributed by atoms with E-state index < -0.39 is 11.9 Å². The van der Waals surface area contributed by atoms with Gasteiger partial charge in [0.25, 0.3) is 5.91 Å². The standard InChI is InChI=1S/C20H20N2O5S/c1-13-4-9-17(28-13)16(23)12-27-19(25)11-21-20(26)14-5-7-15(8-6-14)22-10-2-3-18(22)24/h4-9H,2-3,10-12H2,1H3,(H,21,26). The Bertz CT molecular complexity index is 904. The van der Waals surface area contributed by atoms with Crippen LogP contribution in [0, 0.1) is 6.92 Å². The molecule has 0 radical (unpaired) electrons. The zero-order valence-corrected chi connectivity index (χ0v) is 16.2. The maximum Gasteiger partial charge on any atom is 0.325 e. The first-order valence-corrected chi connectivity index (χ1v) is 9.69. The number of hydrogen-bond acceptors (Lipinski definition) is 6. The van der Waals surface area contributed by atoms with E-state index in [9.17, 15) is 19.2 Å². The fourth-order valence-electron chi connectivity index (χ4n) is 2.82. The number of benzene rings is 1. The third-order valence-electron chi connectivity index (χ3n) is 4.29. The topological polar surface area (TPSA) is 92.8 Å². The Morgan fingerprint density at radius 2 is 1.89 bits per heavy atom.